The molecule has 0 aliphatic carbocycles. The van der Waals surface area contributed by atoms with Crippen LogP contribution in [0, 0.1) is 11.8 Å². The zero-order valence-electron chi connectivity index (χ0n) is 26.4. The first-order chi connectivity index (χ1) is 19.4. The molecule has 0 saturated carbocycles. The first-order valence-electron chi connectivity index (χ1n) is 14.9. The molecule has 0 bridgehead atoms. The number of rotatable bonds is 20. The topological polar surface area (TPSA) is 123 Å². The number of ether oxygens (including phenoxy) is 3. The van der Waals surface area contributed by atoms with Gasteiger partial charge in [0.15, 0.2) is 11.5 Å². The molecule has 9 heteroatoms. The number of methoxy groups -OCH3 is 2. The maximum absolute atomic E-state index is 12.5. The van der Waals surface area contributed by atoms with Gasteiger partial charge in [-0.3, -0.25) is 9.59 Å². The van der Waals surface area contributed by atoms with Crippen LogP contribution in [-0.2, 0) is 11.2 Å². The SMILES string of the molecule is CCCCC(C)(C)N(C)c1c(NC[C@H](O)[C@@H](N)C[C@H](Cc2ccc(OC)c(OCCCOC)c2)C(C)C)c(=O)c1=O. The quantitative estimate of drug-likeness (QED) is 0.158. The molecule has 3 atom stereocenters. The third-order valence-electron chi connectivity index (χ3n) is 8.25. The first-order valence-corrected chi connectivity index (χ1v) is 14.9. The van der Waals surface area contributed by atoms with E-state index in [-0.39, 0.29) is 23.7 Å². The van der Waals surface area contributed by atoms with Gasteiger partial charge in [0.1, 0.15) is 11.4 Å². The molecule has 0 aromatic heterocycles. The molecule has 2 aromatic rings. The van der Waals surface area contributed by atoms with Crippen molar-refractivity contribution in [2.24, 2.45) is 17.6 Å². The smallest absolute Gasteiger partial charge is 0.253 e. The molecular weight excluding hydrogens is 522 g/mol. The lowest BCUT2D eigenvalue weighted by molar-refractivity contribution is 0.137. The minimum absolute atomic E-state index is 0.0923. The molecule has 9 nitrogen and oxygen atoms in total. The van der Waals surface area contributed by atoms with Crippen LogP contribution in [0.5, 0.6) is 11.5 Å². The van der Waals surface area contributed by atoms with Gasteiger partial charge in [0.2, 0.25) is 0 Å². The fraction of sp³-hybridized carbons (Fsp3) is 0.688. The standard InChI is InChI=1S/C32H53N3O6/c1-9-10-14-32(4,5)35(6)29-28(30(37)31(29)38)34-20-25(36)24(33)19-23(21(2)3)17-22-12-13-26(40-8)27(18-22)41-16-11-15-39-7/h12-13,18,21,23-25,34,36H,9-11,14-17,19-20,33H2,1-8H3/t23-,24-,25-/m0/s1. The normalized spacial score (nSPS) is 14.2. The van der Waals surface area contributed by atoms with E-state index >= 15 is 0 Å². The fourth-order valence-corrected chi connectivity index (χ4v) is 5.05. The molecule has 41 heavy (non-hydrogen) atoms. The van der Waals surface area contributed by atoms with Gasteiger partial charge in [0.05, 0.1) is 19.8 Å². The Kier molecular flexibility index (Phi) is 13.6. The lowest BCUT2D eigenvalue weighted by Crippen LogP contribution is -2.50. The van der Waals surface area contributed by atoms with Crippen LogP contribution in [0.25, 0.3) is 0 Å². The Morgan fingerprint density at radius 3 is 2.39 bits per heavy atom. The predicted octanol–water partition coefficient (Wildman–Crippen LogP) is 4.12. The van der Waals surface area contributed by atoms with E-state index in [0.717, 1.165) is 37.7 Å². The van der Waals surface area contributed by atoms with E-state index in [1.807, 2.05) is 30.1 Å². The van der Waals surface area contributed by atoms with Gasteiger partial charge in [0, 0.05) is 45.3 Å². The molecule has 0 aliphatic heterocycles. The van der Waals surface area contributed by atoms with Crippen LogP contribution in [0.4, 0.5) is 11.4 Å². The van der Waals surface area contributed by atoms with Gasteiger partial charge in [-0.2, -0.15) is 0 Å². The third-order valence-corrected chi connectivity index (χ3v) is 8.25. The Labute approximate surface area is 246 Å². The monoisotopic (exact) mass is 575 g/mol. The summed E-state index contributed by atoms with van der Waals surface area (Å²) in [7, 11) is 5.14. The van der Waals surface area contributed by atoms with Crippen molar-refractivity contribution in [3.8, 4) is 11.5 Å². The lowest BCUT2D eigenvalue weighted by atomic mass is 9.83. The summed E-state index contributed by atoms with van der Waals surface area (Å²) in [5.41, 5.74) is 6.94. The van der Waals surface area contributed by atoms with Gasteiger partial charge < -0.3 is 35.3 Å². The maximum atomic E-state index is 12.5. The highest BCUT2D eigenvalue weighted by molar-refractivity contribution is 5.75. The highest BCUT2D eigenvalue weighted by Gasteiger charge is 2.33. The molecule has 2 aromatic carbocycles. The van der Waals surface area contributed by atoms with E-state index in [2.05, 4.69) is 39.9 Å². The summed E-state index contributed by atoms with van der Waals surface area (Å²) >= 11 is 0. The Hall–Kier alpha value is -2.62. The summed E-state index contributed by atoms with van der Waals surface area (Å²) in [6, 6.07) is 5.45. The third kappa shape index (κ3) is 9.45. The van der Waals surface area contributed by atoms with Crippen molar-refractivity contribution in [3.05, 3.63) is 44.2 Å². The molecular formula is C32H53N3O6. The van der Waals surface area contributed by atoms with E-state index < -0.39 is 23.0 Å². The van der Waals surface area contributed by atoms with Crippen molar-refractivity contribution in [2.45, 2.75) is 90.8 Å². The average Bonchev–Trinajstić information content (AvgIpc) is 2.94. The van der Waals surface area contributed by atoms with Crippen LogP contribution in [0.2, 0.25) is 0 Å². The van der Waals surface area contributed by atoms with Crippen LogP contribution in [0.3, 0.4) is 0 Å². The predicted molar refractivity (Wildman–Crippen MR) is 167 cm³/mol. The average molecular weight is 576 g/mol. The second kappa shape index (κ2) is 16.1. The number of benzene rings is 1. The number of hydrogen-bond donors (Lipinski definition) is 3. The zero-order valence-corrected chi connectivity index (χ0v) is 26.4. The van der Waals surface area contributed by atoms with Gasteiger partial charge in [-0.25, -0.2) is 0 Å². The number of nitrogens with two attached hydrogens (primary N) is 1. The molecule has 0 amide bonds. The van der Waals surface area contributed by atoms with Crippen molar-refractivity contribution in [1.82, 2.24) is 0 Å². The van der Waals surface area contributed by atoms with Crippen LogP contribution >= 0.6 is 0 Å². The molecule has 0 saturated heterocycles. The molecule has 0 radical (unpaired) electrons. The van der Waals surface area contributed by atoms with Gasteiger partial charge >= 0.3 is 0 Å². The second-order valence-electron chi connectivity index (χ2n) is 12.1. The van der Waals surface area contributed by atoms with Crippen molar-refractivity contribution in [3.63, 3.8) is 0 Å². The fourth-order valence-electron chi connectivity index (χ4n) is 5.05. The van der Waals surface area contributed by atoms with E-state index in [0.29, 0.717) is 42.7 Å². The number of nitrogens with zero attached hydrogens (tertiary/aromatic N) is 1. The summed E-state index contributed by atoms with van der Waals surface area (Å²) in [4.78, 5) is 26.8. The summed E-state index contributed by atoms with van der Waals surface area (Å²) in [6.45, 7) is 11.8. The van der Waals surface area contributed by atoms with Gasteiger partial charge in [-0.15, -0.1) is 0 Å². The summed E-state index contributed by atoms with van der Waals surface area (Å²) in [6.07, 6.45) is 4.24. The molecule has 4 N–H and O–H groups in total. The Morgan fingerprint density at radius 1 is 1.07 bits per heavy atom. The molecule has 0 spiro atoms. The van der Waals surface area contributed by atoms with E-state index in [1.165, 1.54) is 0 Å². The molecule has 0 unspecified atom stereocenters. The van der Waals surface area contributed by atoms with Crippen molar-refractivity contribution < 1.29 is 19.3 Å². The molecule has 0 heterocycles. The van der Waals surface area contributed by atoms with Crippen LogP contribution in [0.15, 0.2) is 27.8 Å². The molecule has 232 valence electrons. The highest BCUT2D eigenvalue weighted by Crippen LogP contribution is 2.32. The Morgan fingerprint density at radius 2 is 1.78 bits per heavy atom. The van der Waals surface area contributed by atoms with Crippen molar-refractivity contribution in [2.75, 3.05) is 51.2 Å². The number of aliphatic hydroxyl groups is 1. The first kappa shape index (κ1) is 34.6. The minimum atomic E-state index is -0.887. The van der Waals surface area contributed by atoms with Crippen LogP contribution < -0.4 is 36.3 Å². The number of anilines is 2. The minimum Gasteiger partial charge on any atom is -0.493 e. The number of unbranched alkanes of at least 4 members (excludes halogenated alkanes) is 1. The zero-order chi connectivity index (χ0) is 30.7. The van der Waals surface area contributed by atoms with Crippen molar-refractivity contribution in [1.29, 1.82) is 0 Å². The Bertz CT molecular complexity index is 1140. The Balaban J connectivity index is 2.04. The lowest BCUT2D eigenvalue weighted by Gasteiger charge is -2.39. The molecule has 0 fully saturated rings. The van der Waals surface area contributed by atoms with E-state index in [9.17, 15) is 14.7 Å². The summed E-state index contributed by atoms with van der Waals surface area (Å²) in [5.74, 6) is 1.92. The number of hydrogen-bond acceptors (Lipinski definition) is 9. The van der Waals surface area contributed by atoms with Crippen molar-refractivity contribution >= 4 is 11.4 Å². The van der Waals surface area contributed by atoms with Crippen LogP contribution in [0.1, 0.15) is 72.3 Å². The van der Waals surface area contributed by atoms with Gasteiger partial charge in [-0.1, -0.05) is 39.7 Å². The maximum Gasteiger partial charge on any atom is 0.253 e. The summed E-state index contributed by atoms with van der Waals surface area (Å²) < 4.78 is 16.5. The van der Waals surface area contributed by atoms with E-state index in [1.54, 1.807) is 14.2 Å². The molecule has 2 rings (SSSR count). The van der Waals surface area contributed by atoms with Gasteiger partial charge in [0.25, 0.3) is 10.9 Å². The number of aliphatic hydroxyl groups excluding tert-OH is 1. The van der Waals surface area contributed by atoms with E-state index in [4.69, 9.17) is 19.9 Å². The second-order valence-corrected chi connectivity index (χ2v) is 12.1. The van der Waals surface area contributed by atoms with Crippen LogP contribution in [-0.4, -0.2) is 63.8 Å². The van der Waals surface area contributed by atoms with Gasteiger partial charge in [-0.05, 0) is 62.6 Å². The summed E-state index contributed by atoms with van der Waals surface area (Å²) in [5, 5.41) is 14.0. The molecule has 0 aliphatic rings. The highest BCUT2D eigenvalue weighted by atomic mass is 16.5. The largest absolute Gasteiger partial charge is 0.493 e. The number of nitrogens with one attached hydrogen (secondary N) is 1.